The Morgan fingerprint density at radius 2 is 2.25 bits per heavy atom. The monoisotopic (exact) mass is 217 g/mol. The predicted octanol–water partition coefficient (Wildman–Crippen LogP) is 2.15. The van der Waals surface area contributed by atoms with Gasteiger partial charge in [-0.25, -0.2) is 0 Å². The van der Waals surface area contributed by atoms with Crippen molar-refractivity contribution in [2.75, 3.05) is 0 Å². The Hall–Kier alpha value is -1.61. The van der Waals surface area contributed by atoms with Crippen LogP contribution in [0.15, 0.2) is 49.0 Å². The Morgan fingerprint density at radius 3 is 2.88 bits per heavy atom. The molecule has 0 aromatic carbocycles. The minimum Gasteiger partial charge on any atom is -0.385 e. The highest BCUT2D eigenvalue weighted by molar-refractivity contribution is 5.19. The van der Waals surface area contributed by atoms with E-state index in [1.165, 1.54) is 0 Å². The van der Waals surface area contributed by atoms with Crippen LogP contribution in [-0.2, 0) is 0 Å². The zero-order valence-electron chi connectivity index (χ0n) is 9.80. The summed E-state index contributed by atoms with van der Waals surface area (Å²) in [6.45, 7) is 4.05. The zero-order chi connectivity index (χ0) is 11.8. The summed E-state index contributed by atoms with van der Waals surface area (Å²) in [7, 11) is 0. The van der Waals surface area contributed by atoms with E-state index >= 15 is 0 Å². The first-order valence-electron chi connectivity index (χ1n) is 5.45. The summed E-state index contributed by atoms with van der Waals surface area (Å²) in [5.41, 5.74) is 7.02. The normalized spacial score (nSPS) is 15.4. The molecule has 1 aromatic heterocycles. The molecule has 3 N–H and O–H groups in total. The van der Waals surface area contributed by atoms with Crippen LogP contribution in [-0.4, -0.2) is 11.0 Å². The van der Waals surface area contributed by atoms with Crippen LogP contribution in [0.5, 0.6) is 0 Å². The average Bonchev–Trinajstić information content (AvgIpc) is 2.34. The average molecular weight is 217 g/mol. The molecule has 0 aliphatic rings. The van der Waals surface area contributed by atoms with Crippen molar-refractivity contribution < 1.29 is 0 Å². The van der Waals surface area contributed by atoms with Gasteiger partial charge in [-0.3, -0.25) is 4.98 Å². The summed E-state index contributed by atoms with van der Waals surface area (Å²) < 4.78 is 0. The molecule has 0 radical (unpaired) electrons. The van der Waals surface area contributed by atoms with E-state index in [1.54, 1.807) is 12.4 Å². The highest BCUT2D eigenvalue weighted by atomic mass is 14.9. The molecule has 3 heteroatoms. The molecule has 16 heavy (non-hydrogen) atoms. The Bertz CT molecular complexity index is 343. The van der Waals surface area contributed by atoms with Gasteiger partial charge in [0, 0.05) is 24.5 Å². The van der Waals surface area contributed by atoms with Crippen LogP contribution in [0.3, 0.4) is 0 Å². The van der Waals surface area contributed by atoms with Crippen molar-refractivity contribution in [1.29, 1.82) is 0 Å². The Labute approximate surface area is 97.1 Å². The third-order valence-electron chi connectivity index (χ3n) is 2.20. The van der Waals surface area contributed by atoms with E-state index in [4.69, 9.17) is 5.73 Å². The summed E-state index contributed by atoms with van der Waals surface area (Å²) in [5.74, 6) is 0. The Morgan fingerprint density at radius 1 is 1.44 bits per heavy atom. The first kappa shape index (κ1) is 12.5. The molecule has 0 fully saturated rings. The molecule has 0 saturated carbocycles. The van der Waals surface area contributed by atoms with Crippen LogP contribution in [0, 0.1) is 0 Å². The third kappa shape index (κ3) is 4.28. The molecule has 0 spiro atoms. The Kier molecular flexibility index (Phi) is 5.29. The molecule has 86 valence electrons. The van der Waals surface area contributed by atoms with Gasteiger partial charge in [0.05, 0.1) is 0 Å². The van der Waals surface area contributed by atoms with Crippen molar-refractivity contribution in [2.45, 2.75) is 25.9 Å². The summed E-state index contributed by atoms with van der Waals surface area (Å²) in [5, 5.41) is 3.20. The molecule has 0 amide bonds. The van der Waals surface area contributed by atoms with Gasteiger partial charge in [0.15, 0.2) is 0 Å². The van der Waals surface area contributed by atoms with Gasteiger partial charge in [-0.2, -0.15) is 0 Å². The molecule has 2 atom stereocenters. The topological polar surface area (TPSA) is 50.9 Å². The summed E-state index contributed by atoms with van der Waals surface area (Å²) in [4.78, 5) is 4.04. The molecule has 0 bridgehead atoms. The minimum absolute atomic E-state index is 0.0939. The number of pyridine rings is 1. The van der Waals surface area contributed by atoms with Crippen LogP contribution >= 0.6 is 0 Å². The fourth-order valence-electron chi connectivity index (χ4n) is 1.27. The van der Waals surface area contributed by atoms with Crippen molar-refractivity contribution in [1.82, 2.24) is 10.3 Å². The summed E-state index contributed by atoms with van der Waals surface area (Å²) >= 11 is 0. The number of nitrogens with one attached hydrogen (secondary N) is 1. The fourth-order valence-corrected chi connectivity index (χ4v) is 1.27. The number of allylic oxidation sites excluding steroid dienone is 1. The largest absolute Gasteiger partial charge is 0.385 e. The molecular weight excluding hydrogens is 198 g/mol. The molecule has 1 heterocycles. The van der Waals surface area contributed by atoms with E-state index in [1.807, 2.05) is 37.4 Å². The highest BCUT2D eigenvalue weighted by Crippen LogP contribution is 2.09. The van der Waals surface area contributed by atoms with Crippen molar-refractivity contribution in [3.8, 4) is 0 Å². The summed E-state index contributed by atoms with van der Waals surface area (Å²) in [6.07, 6.45) is 11.5. The molecule has 1 aromatic rings. The SMILES string of the molecule is C/C=C\NC(C)/C=C\C(N)c1cccnc1. The lowest BCUT2D eigenvalue weighted by Crippen LogP contribution is -2.18. The zero-order valence-corrected chi connectivity index (χ0v) is 9.80. The standard InChI is InChI=1S/C13H19N3/c1-3-8-16-11(2)6-7-13(14)12-5-4-9-15-10-12/h3-11,13,16H,14H2,1-2H3/b7-6-,8-3-. The van der Waals surface area contributed by atoms with Crippen LogP contribution in [0.1, 0.15) is 25.5 Å². The lowest BCUT2D eigenvalue weighted by atomic mass is 10.1. The fraction of sp³-hybridized carbons (Fsp3) is 0.308. The van der Waals surface area contributed by atoms with Gasteiger partial charge in [-0.15, -0.1) is 0 Å². The molecule has 0 aliphatic heterocycles. The van der Waals surface area contributed by atoms with Gasteiger partial charge in [-0.05, 0) is 31.7 Å². The number of hydrogen-bond acceptors (Lipinski definition) is 3. The second-order valence-corrected chi connectivity index (χ2v) is 3.65. The predicted molar refractivity (Wildman–Crippen MR) is 67.7 cm³/mol. The number of hydrogen-bond donors (Lipinski definition) is 2. The second kappa shape index (κ2) is 6.80. The smallest absolute Gasteiger partial charge is 0.0497 e. The molecule has 0 aliphatic carbocycles. The van der Waals surface area contributed by atoms with Gasteiger partial charge in [0.2, 0.25) is 0 Å². The maximum absolute atomic E-state index is 6.00. The second-order valence-electron chi connectivity index (χ2n) is 3.65. The van der Waals surface area contributed by atoms with Crippen molar-refractivity contribution in [3.05, 3.63) is 54.5 Å². The van der Waals surface area contributed by atoms with E-state index in [2.05, 4.69) is 23.3 Å². The van der Waals surface area contributed by atoms with Gasteiger partial charge < -0.3 is 11.1 Å². The van der Waals surface area contributed by atoms with Gasteiger partial charge in [0.1, 0.15) is 0 Å². The van der Waals surface area contributed by atoms with Crippen LogP contribution < -0.4 is 11.1 Å². The number of nitrogens with two attached hydrogens (primary N) is 1. The van der Waals surface area contributed by atoms with Gasteiger partial charge in [0.25, 0.3) is 0 Å². The van der Waals surface area contributed by atoms with Crippen molar-refractivity contribution >= 4 is 0 Å². The van der Waals surface area contributed by atoms with Gasteiger partial charge in [-0.1, -0.05) is 24.3 Å². The van der Waals surface area contributed by atoms with E-state index in [9.17, 15) is 0 Å². The first-order chi connectivity index (χ1) is 7.74. The maximum atomic E-state index is 6.00. The van der Waals surface area contributed by atoms with Crippen LogP contribution in [0.25, 0.3) is 0 Å². The maximum Gasteiger partial charge on any atom is 0.0497 e. The lowest BCUT2D eigenvalue weighted by Gasteiger charge is -2.09. The number of rotatable bonds is 5. The molecule has 1 rings (SSSR count). The van der Waals surface area contributed by atoms with E-state index in [0.29, 0.717) is 0 Å². The van der Waals surface area contributed by atoms with E-state index in [0.717, 1.165) is 5.56 Å². The first-order valence-corrected chi connectivity index (χ1v) is 5.45. The quantitative estimate of drug-likeness (QED) is 0.743. The number of nitrogens with zero attached hydrogens (tertiary/aromatic N) is 1. The highest BCUT2D eigenvalue weighted by Gasteiger charge is 2.01. The van der Waals surface area contributed by atoms with Crippen LogP contribution in [0.4, 0.5) is 0 Å². The van der Waals surface area contributed by atoms with Crippen LogP contribution in [0.2, 0.25) is 0 Å². The molecule has 0 saturated heterocycles. The van der Waals surface area contributed by atoms with Crippen molar-refractivity contribution in [3.63, 3.8) is 0 Å². The number of aromatic nitrogens is 1. The lowest BCUT2D eigenvalue weighted by molar-refractivity contribution is 0.758. The Balaban J connectivity index is 2.51. The molecule has 3 nitrogen and oxygen atoms in total. The molecular formula is C13H19N3. The van der Waals surface area contributed by atoms with E-state index in [-0.39, 0.29) is 12.1 Å². The third-order valence-corrected chi connectivity index (χ3v) is 2.20. The summed E-state index contributed by atoms with van der Waals surface area (Å²) in [6, 6.07) is 4.05. The van der Waals surface area contributed by atoms with Crippen molar-refractivity contribution in [2.24, 2.45) is 5.73 Å². The van der Waals surface area contributed by atoms with Gasteiger partial charge >= 0.3 is 0 Å². The minimum atomic E-state index is -0.0939. The van der Waals surface area contributed by atoms with E-state index < -0.39 is 0 Å². The molecule has 2 unspecified atom stereocenters.